The first kappa shape index (κ1) is 15.9. The second-order valence-corrected chi connectivity index (χ2v) is 7.27. The van der Waals surface area contributed by atoms with Gasteiger partial charge < -0.3 is 4.74 Å². The monoisotopic (exact) mass is 310 g/mol. The van der Waals surface area contributed by atoms with Crippen LogP contribution >= 0.6 is 0 Å². The highest BCUT2D eigenvalue weighted by Crippen LogP contribution is 2.38. The quantitative estimate of drug-likeness (QED) is 0.690. The van der Waals surface area contributed by atoms with E-state index in [2.05, 4.69) is 6.92 Å². The van der Waals surface area contributed by atoms with Crippen molar-refractivity contribution in [2.45, 2.75) is 64.4 Å². The van der Waals surface area contributed by atoms with Crippen LogP contribution in [0.1, 0.15) is 63.9 Å². The molecule has 0 spiro atoms. The summed E-state index contributed by atoms with van der Waals surface area (Å²) in [6.07, 6.45) is 7.29. The molecule has 1 aliphatic carbocycles. The zero-order chi connectivity index (χ0) is 15.7. The van der Waals surface area contributed by atoms with Gasteiger partial charge in [-0.1, -0.05) is 31.9 Å². The van der Waals surface area contributed by atoms with Gasteiger partial charge in [-0.2, -0.15) is 0 Å². The normalized spacial score (nSPS) is 32.9. The summed E-state index contributed by atoms with van der Waals surface area (Å²) < 4.78 is 33.9. The molecule has 3 heteroatoms. The summed E-state index contributed by atoms with van der Waals surface area (Å²) in [6.45, 7) is 4.44. The lowest BCUT2D eigenvalue weighted by Crippen LogP contribution is -2.33. The third-order valence-electron chi connectivity index (χ3n) is 5.64. The van der Waals surface area contributed by atoms with Crippen LogP contribution in [0.4, 0.5) is 8.78 Å². The lowest BCUT2D eigenvalue weighted by atomic mass is 9.77. The van der Waals surface area contributed by atoms with Crippen LogP contribution in [0.3, 0.4) is 0 Å². The van der Waals surface area contributed by atoms with Gasteiger partial charge in [-0.3, -0.25) is 0 Å². The van der Waals surface area contributed by atoms with Gasteiger partial charge in [0.1, 0.15) is 0 Å². The fourth-order valence-electron chi connectivity index (χ4n) is 4.02. The Balaban J connectivity index is 0.00000192. The number of benzene rings is 1. The molecule has 22 heavy (non-hydrogen) atoms. The summed E-state index contributed by atoms with van der Waals surface area (Å²) >= 11 is 0. The second-order valence-electron chi connectivity index (χ2n) is 7.27. The lowest BCUT2D eigenvalue weighted by molar-refractivity contribution is -0.0432. The molecule has 1 unspecified atom stereocenters. The predicted molar refractivity (Wildman–Crippen MR) is 86.0 cm³/mol. The van der Waals surface area contributed by atoms with E-state index in [1.54, 1.807) is 19.1 Å². The van der Waals surface area contributed by atoms with Crippen molar-refractivity contribution in [2.24, 2.45) is 11.8 Å². The second kappa shape index (κ2) is 6.66. The summed E-state index contributed by atoms with van der Waals surface area (Å²) in [5, 5.41) is 0. The van der Waals surface area contributed by atoms with Gasteiger partial charge in [0.05, 0.1) is 12.7 Å². The molecule has 1 saturated heterocycles. The highest BCUT2D eigenvalue weighted by molar-refractivity contribution is 5.28. The molecule has 0 N–H and O–H groups in total. The van der Waals surface area contributed by atoms with E-state index in [-0.39, 0.29) is 7.34 Å². The Morgan fingerprint density at radius 2 is 1.73 bits per heavy atom. The van der Waals surface area contributed by atoms with Gasteiger partial charge >= 0.3 is 0 Å². The van der Waals surface area contributed by atoms with Crippen LogP contribution in [0.5, 0.6) is 0 Å². The average Bonchev–Trinajstić information content (AvgIpc) is 2.54. The minimum Gasteiger partial charge on any atom is -0.377 e. The molecule has 1 heterocycles. The molecule has 0 radical (unpaired) electrons. The van der Waals surface area contributed by atoms with Crippen LogP contribution in [-0.4, -0.2) is 12.7 Å². The Bertz CT molecular complexity index is 518. The van der Waals surface area contributed by atoms with Crippen LogP contribution in [0, 0.1) is 30.4 Å². The van der Waals surface area contributed by atoms with Crippen LogP contribution in [0.15, 0.2) is 12.1 Å². The van der Waals surface area contributed by atoms with E-state index in [4.69, 9.17) is 4.74 Å². The molecule has 0 bridgehead atoms. The highest BCUT2D eigenvalue weighted by Gasteiger charge is 2.32. The fourth-order valence-corrected chi connectivity index (χ4v) is 4.02. The van der Waals surface area contributed by atoms with E-state index in [0.717, 1.165) is 18.8 Å². The summed E-state index contributed by atoms with van der Waals surface area (Å²) in [6, 6.07) is 3.40. The van der Waals surface area contributed by atoms with Crippen molar-refractivity contribution in [1.82, 2.24) is 0 Å². The molecule has 1 aromatic carbocycles. The molecule has 2 atom stereocenters. The first-order valence-electron chi connectivity index (χ1n) is 8.62. The average molecular weight is 310 g/mol. The van der Waals surface area contributed by atoms with Crippen molar-refractivity contribution >= 4 is 0 Å². The van der Waals surface area contributed by atoms with E-state index < -0.39 is 11.6 Å². The highest BCUT2D eigenvalue weighted by atomic mass is 19.2. The van der Waals surface area contributed by atoms with Gasteiger partial charge in [0, 0.05) is 7.34 Å². The molecule has 1 saturated carbocycles. The molecule has 1 aromatic rings. The zero-order valence-electron chi connectivity index (χ0n) is 13.6. The molecular weight excluding hydrogens is 282 g/mol. The Hall–Kier alpha value is -0.960. The van der Waals surface area contributed by atoms with Crippen molar-refractivity contribution < 1.29 is 14.9 Å². The Labute approximate surface area is 133 Å². The third kappa shape index (κ3) is 3.19. The van der Waals surface area contributed by atoms with Crippen LogP contribution < -0.4 is 0 Å². The van der Waals surface area contributed by atoms with Crippen molar-refractivity contribution in [3.05, 3.63) is 34.9 Å². The molecule has 3 rings (SSSR count). The van der Waals surface area contributed by atoms with Gasteiger partial charge in [-0.25, -0.2) is 8.78 Å². The predicted octanol–water partition coefficient (Wildman–Crippen LogP) is 5.61. The van der Waals surface area contributed by atoms with Gasteiger partial charge in [-0.05, 0) is 55.6 Å². The van der Waals surface area contributed by atoms with Crippen LogP contribution in [0.25, 0.3) is 0 Å². The molecule has 1 aliphatic heterocycles. The largest absolute Gasteiger partial charge is 0.377 e. The van der Waals surface area contributed by atoms with E-state index >= 15 is 0 Å². The van der Waals surface area contributed by atoms with Crippen molar-refractivity contribution in [1.29, 1.82) is 0 Å². The molecule has 124 valence electrons. The molecule has 0 aromatic heterocycles. The van der Waals surface area contributed by atoms with E-state index in [1.807, 2.05) is 0 Å². The number of rotatable bonds is 2. The SMILES string of the molecule is Cc1ccc([C@@H]2CCC(C3CCC(C)CC3)OC2)c(F)c1F.[HH]. The summed E-state index contributed by atoms with van der Waals surface area (Å²) in [5.41, 5.74) is 0.853. The van der Waals surface area contributed by atoms with Crippen molar-refractivity contribution in [3.8, 4) is 0 Å². The van der Waals surface area contributed by atoms with Gasteiger partial charge in [0.15, 0.2) is 11.6 Å². The van der Waals surface area contributed by atoms with Crippen molar-refractivity contribution in [3.63, 3.8) is 0 Å². The lowest BCUT2D eigenvalue weighted by Gasteiger charge is -2.37. The minimum absolute atomic E-state index is 0. The number of halogens is 2. The van der Waals surface area contributed by atoms with Gasteiger partial charge in [0.2, 0.25) is 0 Å². The topological polar surface area (TPSA) is 9.23 Å². The zero-order valence-corrected chi connectivity index (χ0v) is 13.6. The maximum Gasteiger partial charge on any atom is 0.162 e. The standard InChI is InChI=1S/C19H26F2O.H2/c1-12-3-6-14(7-4-12)17-10-8-15(11-22-17)16-9-5-13(2)18(20)19(16)21;/h5,9,12,14-15,17H,3-4,6-8,10-11H2,1-2H3;1H/t12?,14?,15-,17?;/m1./s1. The third-order valence-corrected chi connectivity index (χ3v) is 5.64. The first-order valence-corrected chi connectivity index (χ1v) is 8.62. The smallest absolute Gasteiger partial charge is 0.162 e. The first-order chi connectivity index (χ1) is 10.6. The Morgan fingerprint density at radius 1 is 1.00 bits per heavy atom. The van der Waals surface area contributed by atoms with E-state index in [9.17, 15) is 8.78 Å². The molecule has 2 fully saturated rings. The van der Waals surface area contributed by atoms with Gasteiger partial charge in [-0.15, -0.1) is 0 Å². The van der Waals surface area contributed by atoms with Crippen LogP contribution in [0.2, 0.25) is 0 Å². The molecule has 2 aliphatic rings. The molecule has 0 amide bonds. The molecular formula is C19H28F2O. The Morgan fingerprint density at radius 3 is 2.36 bits per heavy atom. The van der Waals surface area contributed by atoms with Gasteiger partial charge in [0.25, 0.3) is 0 Å². The number of hydrogen-bond acceptors (Lipinski definition) is 1. The van der Waals surface area contributed by atoms with E-state index in [0.29, 0.717) is 29.8 Å². The Kier molecular flexibility index (Phi) is 4.82. The minimum atomic E-state index is -0.708. The summed E-state index contributed by atoms with van der Waals surface area (Å²) in [4.78, 5) is 0. The van der Waals surface area contributed by atoms with E-state index in [1.165, 1.54) is 25.7 Å². The maximum absolute atomic E-state index is 14.1. The summed E-state index contributed by atoms with van der Waals surface area (Å²) in [5.74, 6) is 0.113. The summed E-state index contributed by atoms with van der Waals surface area (Å²) in [7, 11) is 0. The van der Waals surface area contributed by atoms with Crippen molar-refractivity contribution in [2.75, 3.05) is 6.61 Å². The number of ether oxygens (including phenoxy) is 1. The maximum atomic E-state index is 14.1. The number of aryl methyl sites for hydroxylation is 1. The fraction of sp³-hybridized carbons (Fsp3) is 0.684. The van der Waals surface area contributed by atoms with Crippen LogP contribution in [-0.2, 0) is 4.74 Å². The number of hydrogen-bond donors (Lipinski definition) is 0. The molecule has 1 nitrogen and oxygen atoms in total.